The van der Waals surface area contributed by atoms with Crippen LogP contribution in [-0.2, 0) is 12.8 Å². The lowest BCUT2D eigenvalue weighted by atomic mass is 10.0. The summed E-state index contributed by atoms with van der Waals surface area (Å²) in [5, 5.41) is 3.38. The van der Waals surface area contributed by atoms with Crippen LogP contribution in [-0.4, -0.2) is 13.1 Å². The zero-order valence-corrected chi connectivity index (χ0v) is 8.22. The minimum Gasteiger partial charge on any atom is -0.317 e. The Labute approximate surface area is 80.2 Å². The molecule has 1 aliphatic rings. The lowest BCUT2D eigenvalue weighted by Gasteiger charge is -2.11. The topological polar surface area (TPSA) is 12.0 Å². The molecule has 1 aromatic rings. The maximum atomic E-state index is 3.38. The molecule has 0 aliphatic heterocycles. The normalized spacial score (nSPS) is 17.9. The fourth-order valence-electron chi connectivity index (χ4n) is 2.14. The monoisotopic (exact) mass is 175 g/mol. The molecule has 2 rings (SSSR count). The Morgan fingerprint density at radius 2 is 1.62 bits per heavy atom. The molecule has 13 heavy (non-hydrogen) atoms. The lowest BCUT2D eigenvalue weighted by molar-refractivity contribution is 0.503. The molecule has 70 valence electrons. The smallest absolute Gasteiger partial charge is 0.00704 e. The molecule has 0 heterocycles. The molecular formula is C12H17N. The van der Waals surface area contributed by atoms with E-state index in [4.69, 9.17) is 0 Å². The highest BCUT2D eigenvalue weighted by atomic mass is 14.9. The van der Waals surface area contributed by atoms with Gasteiger partial charge in [-0.3, -0.25) is 0 Å². The average Bonchev–Trinajstić information content (AvgIpc) is 2.39. The standard InChI is InChI=1S/C12H17N/c1-13-12-8-6-10-4-2-3-5-11(10)7-9-12/h2-5,12-13H,6-9H2,1H3. The van der Waals surface area contributed by atoms with Gasteiger partial charge in [0.25, 0.3) is 0 Å². The minimum atomic E-state index is 0.715. The highest BCUT2D eigenvalue weighted by Gasteiger charge is 2.13. The van der Waals surface area contributed by atoms with Crippen LogP contribution in [0.5, 0.6) is 0 Å². The van der Waals surface area contributed by atoms with E-state index in [9.17, 15) is 0 Å². The quantitative estimate of drug-likeness (QED) is 0.645. The van der Waals surface area contributed by atoms with Crippen LogP contribution >= 0.6 is 0 Å². The number of fused-ring (bicyclic) bond motifs is 1. The van der Waals surface area contributed by atoms with Crippen LogP contribution in [0.2, 0.25) is 0 Å². The summed E-state index contributed by atoms with van der Waals surface area (Å²) < 4.78 is 0. The molecule has 0 saturated heterocycles. The van der Waals surface area contributed by atoms with Gasteiger partial charge in [0.15, 0.2) is 0 Å². The number of rotatable bonds is 1. The molecule has 1 heteroatoms. The van der Waals surface area contributed by atoms with Gasteiger partial charge in [-0.25, -0.2) is 0 Å². The molecule has 0 saturated carbocycles. The Morgan fingerprint density at radius 1 is 1.08 bits per heavy atom. The molecule has 0 unspecified atom stereocenters. The molecule has 0 radical (unpaired) electrons. The summed E-state index contributed by atoms with van der Waals surface area (Å²) >= 11 is 0. The first-order valence-corrected chi connectivity index (χ1v) is 5.14. The highest BCUT2D eigenvalue weighted by Crippen LogP contribution is 2.20. The van der Waals surface area contributed by atoms with Gasteiger partial charge in [0.05, 0.1) is 0 Å². The molecule has 0 spiro atoms. The third-order valence-corrected chi connectivity index (χ3v) is 3.05. The predicted molar refractivity (Wildman–Crippen MR) is 55.9 cm³/mol. The van der Waals surface area contributed by atoms with Crippen LogP contribution in [0.3, 0.4) is 0 Å². The van der Waals surface area contributed by atoms with Crippen molar-refractivity contribution in [2.45, 2.75) is 31.7 Å². The zero-order chi connectivity index (χ0) is 9.10. The summed E-state index contributed by atoms with van der Waals surface area (Å²) in [6, 6.07) is 9.56. The van der Waals surface area contributed by atoms with Crippen LogP contribution in [0.25, 0.3) is 0 Å². The molecule has 1 nitrogen and oxygen atoms in total. The third-order valence-electron chi connectivity index (χ3n) is 3.05. The Bertz CT molecular complexity index is 253. The van der Waals surface area contributed by atoms with Gasteiger partial charge in [-0.05, 0) is 43.9 Å². The first kappa shape index (κ1) is 8.76. The Balaban J connectivity index is 2.17. The van der Waals surface area contributed by atoms with E-state index in [1.807, 2.05) is 0 Å². The fourth-order valence-corrected chi connectivity index (χ4v) is 2.14. The van der Waals surface area contributed by atoms with Crippen molar-refractivity contribution in [3.05, 3.63) is 35.4 Å². The number of benzene rings is 1. The summed E-state index contributed by atoms with van der Waals surface area (Å²) in [4.78, 5) is 0. The maximum absolute atomic E-state index is 3.38. The first-order chi connectivity index (χ1) is 6.40. The van der Waals surface area contributed by atoms with Crippen molar-refractivity contribution in [2.75, 3.05) is 7.05 Å². The summed E-state index contributed by atoms with van der Waals surface area (Å²) in [5.41, 5.74) is 3.11. The highest BCUT2D eigenvalue weighted by molar-refractivity contribution is 5.28. The summed E-state index contributed by atoms with van der Waals surface area (Å²) in [5.74, 6) is 0. The van der Waals surface area contributed by atoms with Crippen molar-refractivity contribution in [1.29, 1.82) is 0 Å². The maximum Gasteiger partial charge on any atom is 0.00704 e. The SMILES string of the molecule is CNC1CCc2ccccc2CC1. The summed E-state index contributed by atoms with van der Waals surface area (Å²) in [6.45, 7) is 0. The van der Waals surface area contributed by atoms with E-state index in [2.05, 4.69) is 36.6 Å². The first-order valence-electron chi connectivity index (χ1n) is 5.14. The van der Waals surface area contributed by atoms with Gasteiger partial charge in [0, 0.05) is 6.04 Å². The predicted octanol–water partition coefficient (Wildman–Crippen LogP) is 2.15. The van der Waals surface area contributed by atoms with E-state index in [1.165, 1.54) is 25.7 Å². The van der Waals surface area contributed by atoms with Gasteiger partial charge in [-0.1, -0.05) is 24.3 Å². The second kappa shape index (κ2) is 3.93. The molecule has 0 amide bonds. The van der Waals surface area contributed by atoms with Gasteiger partial charge in [0.1, 0.15) is 0 Å². The molecule has 0 atom stereocenters. The van der Waals surface area contributed by atoms with Crippen molar-refractivity contribution in [3.8, 4) is 0 Å². The summed E-state index contributed by atoms with van der Waals surface area (Å²) in [6.07, 6.45) is 5.05. The average molecular weight is 175 g/mol. The van der Waals surface area contributed by atoms with E-state index >= 15 is 0 Å². The third kappa shape index (κ3) is 1.92. The molecular weight excluding hydrogens is 158 g/mol. The molecule has 0 fully saturated rings. The van der Waals surface area contributed by atoms with E-state index in [0.29, 0.717) is 6.04 Å². The molecule has 1 aromatic carbocycles. The number of hydrogen-bond acceptors (Lipinski definition) is 1. The van der Waals surface area contributed by atoms with Crippen molar-refractivity contribution < 1.29 is 0 Å². The van der Waals surface area contributed by atoms with E-state index in [0.717, 1.165) is 0 Å². The fraction of sp³-hybridized carbons (Fsp3) is 0.500. The van der Waals surface area contributed by atoms with E-state index in [-0.39, 0.29) is 0 Å². The van der Waals surface area contributed by atoms with Gasteiger partial charge in [0.2, 0.25) is 0 Å². The van der Waals surface area contributed by atoms with E-state index < -0.39 is 0 Å². The van der Waals surface area contributed by atoms with Crippen LogP contribution in [0.4, 0.5) is 0 Å². The largest absolute Gasteiger partial charge is 0.317 e. The Hall–Kier alpha value is -0.820. The van der Waals surface area contributed by atoms with Crippen molar-refractivity contribution in [2.24, 2.45) is 0 Å². The van der Waals surface area contributed by atoms with Crippen molar-refractivity contribution in [1.82, 2.24) is 5.32 Å². The molecule has 1 aliphatic carbocycles. The Morgan fingerprint density at radius 3 is 2.08 bits per heavy atom. The van der Waals surface area contributed by atoms with Crippen LogP contribution in [0.1, 0.15) is 24.0 Å². The van der Waals surface area contributed by atoms with Crippen LogP contribution < -0.4 is 5.32 Å². The molecule has 0 aromatic heterocycles. The molecule has 1 N–H and O–H groups in total. The second-order valence-electron chi connectivity index (χ2n) is 3.83. The van der Waals surface area contributed by atoms with Gasteiger partial charge in [-0.2, -0.15) is 0 Å². The Kier molecular flexibility index (Phi) is 2.65. The van der Waals surface area contributed by atoms with Crippen molar-refractivity contribution >= 4 is 0 Å². The van der Waals surface area contributed by atoms with Gasteiger partial charge in [-0.15, -0.1) is 0 Å². The minimum absolute atomic E-state index is 0.715. The number of hydrogen-bond donors (Lipinski definition) is 1. The van der Waals surface area contributed by atoms with Gasteiger partial charge >= 0.3 is 0 Å². The number of nitrogens with one attached hydrogen (secondary N) is 1. The number of aryl methyl sites for hydroxylation is 2. The van der Waals surface area contributed by atoms with E-state index in [1.54, 1.807) is 11.1 Å². The van der Waals surface area contributed by atoms with Gasteiger partial charge < -0.3 is 5.32 Å². The second-order valence-corrected chi connectivity index (χ2v) is 3.83. The lowest BCUT2D eigenvalue weighted by Crippen LogP contribution is -2.24. The molecule has 0 bridgehead atoms. The van der Waals surface area contributed by atoms with Crippen LogP contribution in [0.15, 0.2) is 24.3 Å². The van der Waals surface area contributed by atoms with Crippen LogP contribution in [0, 0.1) is 0 Å². The van der Waals surface area contributed by atoms with Crippen molar-refractivity contribution in [3.63, 3.8) is 0 Å². The zero-order valence-electron chi connectivity index (χ0n) is 8.22. The summed E-state index contributed by atoms with van der Waals surface area (Å²) in [7, 11) is 2.07.